The van der Waals surface area contributed by atoms with Gasteiger partial charge in [0.05, 0.1) is 12.1 Å². The Morgan fingerprint density at radius 2 is 2.13 bits per heavy atom. The molecule has 15 heavy (non-hydrogen) atoms. The molecular formula is C12H23NO2. The van der Waals surface area contributed by atoms with Crippen molar-refractivity contribution in [2.75, 3.05) is 0 Å². The van der Waals surface area contributed by atoms with Crippen LogP contribution in [-0.2, 0) is 9.63 Å². The molecule has 0 saturated carbocycles. The largest absolute Gasteiger partial charge is 0.273 e. The van der Waals surface area contributed by atoms with Crippen molar-refractivity contribution in [1.29, 1.82) is 0 Å². The van der Waals surface area contributed by atoms with Crippen LogP contribution in [-0.4, -0.2) is 23.1 Å². The zero-order valence-corrected chi connectivity index (χ0v) is 10.2. The molecule has 0 aliphatic carbocycles. The van der Waals surface area contributed by atoms with Crippen molar-refractivity contribution in [3.63, 3.8) is 0 Å². The molecule has 0 aromatic heterocycles. The summed E-state index contributed by atoms with van der Waals surface area (Å²) in [6, 6.07) is 0.249. The second-order valence-electron chi connectivity index (χ2n) is 4.51. The molecule has 1 aliphatic heterocycles. The Bertz CT molecular complexity index is 206. The van der Waals surface area contributed by atoms with Gasteiger partial charge < -0.3 is 0 Å². The Hall–Kier alpha value is -0.570. The standard InChI is InChI=1S/C12H23NO2/c1-4-5-6-7-8-12-9-10(2)13(15-12)11(3)14/h10,12H,4-9H2,1-3H3. The second-order valence-corrected chi connectivity index (χ2v) is 4.51. The number of hydrogen-bond donors (Lipinski definition) is 0. The monoisotopic (exact) mass is 213 g/mol. The fourth-order valence-electron chi connectivity index (χ4n) is 2.14. The Labute approximate surface area is 92.7 Å². The number of hydroxylamine groups is 2. The third-order valence-electron chi connectivity index (χ3n) is 2.96. The first-order valence-corrected chi connectivity index (χ1v) is 6.11. The quantitative estimate of drug-likeness (QED) is 0.657. The third-order valence-corrected chi connectivity index (χ3v) is 2.96. The molecule has 0 N–H and O–H groups in total. The molecule has 1 saturated heterocycles. The van der Waals surface area contributed by atoms with Gasteiger partial charge in [-0.25, -0.2) is 5.06 Å². The van der Waals surface area contributed by atoms with E-state index in [4.69, 9.17) is 4.84 Å². The van der Waals surface area contributed by atoms with E-state index in [1.165, 1.54) is 30.7 Å². The maximum Gasteiger partial charge on any atom is 0.243 e. The zero-order chi connectivity index (χ0) is 11.3. The molecule has 1 rings (SSSR count). The van der Waals surface area contributed by atoms with Crippen molar-refractivity contribution >= 4 is 5.91 Å². The summed E-state index contributed by atoms with van der Waals surface area (Å²) in [6.07, 6.45) is 7.42. The number of amides is 1. The van der Waals surface area contributed by atoms with E-state index >= 15 is 0 Å². The minimum atomic E-state index is 0.0264. The van der Waals surface area contributed by atoms with Crippen LogP contribution in [0.2, 0.25) is 0 Å². The van der Waals surface area contributed by atoms with Crippen LogP contribution in [0.25, 0.3) is 0 Å². The van der Waals surface area contributed by atoms with Gasteiger partial charge in [0, 0.05) is 6.92 Å². The van der Waals surface area contributed by atoms with Crippen LogP contribution >= 0.6 is 0 Å². The molecule has 2 unspecified atom stereocenters. The van der Waals surface area contributed by atoms with E-state index in [9.17, 15) is 4.79 Å². The lowest BCUT2D eigenvalue weighted by atomic mass is 10.0. The van der Waals surface area contributed by atoms with Crippen LogP contribution in [0.5, 0.6) is 0 Å². The van der Waals surface area contributed by atoms with E-state index in [-0.39, 0.29) is 18.1 Å². The summed E-state index contributed by atoms with van der Waals surface area (Å²) in [4.78, 5) is 16.8. The fourth-order valence-corrected chi connectivity index (χ4v) is 2.14. The molecule has 2 atom stereocenters. The lowest BCUT2D eigenvalue weighted by Gasteiger charge is -2.17. The number of unbranched alkanes of at least 4 members (excludes halogenated alkanes) is 3. The van der Waals surface area contributed by atoms with E-state index in [0.29, 0.717) is 0 Å². The Morgan fingerprint density at radius 1 is 1.40 bits per heavy atom. The molecule has 1 heterocycles. The van der Waals surface area contributed by atoms with Gasteiger partial charge in [0.15, 0.2) is 0 Å². The highest BCUT2D eigenvalue weighted by Crippen LogP contribution is 2.24. The third kappa shape index (κ3) is 3.82. The molecule has 1 amide bonds. The van der Waals surface area contributed by atoms with Crippen molar-refractivity contribution in [3.8, 4) is 0 Å². The van der Waals surface area contributed by atoms with Crippen LogP contribution in [0.15, 0.2) is 0 Å². The minimum absolute atomic E-state index is 0.0264. The summed E-state index contributed by atoms with van der Waals surface area (Å²) < 4.78 is 0. The average molecular weight is 213 g/mol. The predicted octanol–water partition coefficient (Wildman–Crippen LogP) is 2.90. The molecule has 0 spiro atoms. The molecule has 3 nitrogen and oxygen atoms in total. The fraction of sp³-hybridized carbons (Fsp3) is 0.917. The molecular weight excluding hydrogens is 190 g/mol. The molecule has 0 radical (unpaired) electrons. The summed E-state index contributed by atoms with van der Waals surface area (Å²) in [5.41, 5.74) is 0. The van der Waals surface area contributed by atoms with Gasteiger partial charge in [-0.2, -0.15) is 0 Å². The first-order valence-electron chi connectivity index (χ1n) is 6.11. The highest BCUT2D eigenvalue weighted by atomic mass is 16.7. The number of carbonyl (C=O) groups excluding carboxylic acids is 1. The first kappa shape index (κ1) is 12.5. The lowest BCUT2D eigenvalue weighted by molar-refractivity contribution is -0.185. The number of hydrogen-bond acceptors (Lipinski definition) is 2. The maximum absolute atomic E-state index is 11.2. The van der Waals surface area contributed by atoms with Gasteiger partial charge in [-0.1, -0.05) is 32.6 Å². The summed E-state index contributed by atoms with van der Waals surface area (Å²) in [7, 11) is 0. The van der Waals surface area contributed by atoms with Gasteiger partial charge in [-0.15, -0.1) is 0 Å². The molecule has 88 valence electrons. The molecule has 0 aromatic carbocycles. The molecule has 0 bridgehead atoms. The van der Waals surface area contributed by atoms with Crippen LogP contribution < -0.4 is 0 Å². The van der Waals surface area contributed by atoms with Crippen molar-refractivity contribution in [2.45, 2.75) is 71.4 Å². The minimum Gasteiger partial charge on any atom is -0.273 e. The smallest absolute Gasteiger partial charge is 0.243 e. The van der Waals surface area contributed by atoms with Crippen molar-refractivity contribution in [3.05, 3.63) is 0 Å². The number of nitrogens with zero attached hydrogens (tertiary/aromatic N) is 1. The lowest BCUT2D eigenvalue weighted by Crippen LogP contribution is -2.30. The van der Waals surface area contributed by atoms with Gasteiger partial charge in [-0.3, -0.25) is 9.63 Å². The van der Waals surface area contributed by atoms with Crippen molar-refractivity contribution in [2.24, 2.45) is 0 Å². The SMILES string of the molecule is CCCCCCC1CC(C)N(C(C)=O)O1. The van der Waals surface area contributed by atoms with Crippen molar-refractivity contribution < 1.29 is 9.63 Å². The highest BCUT2D eigenvalue weighted by molar-refractivity contribution is 5.72. The predicted molar refractivity (Wildman–Crippen MR) is 60.2 cm³/mol. The van der Waals surface area contributed by atoms with Gasteiger partial charge in [0.25, 0.3) is 0 Å². The maximum atomic E-state index is 11.2. The summed E-state index contributed by atoms with van der Waals surface area (Å²) in [6.45, 7) is 5.83. The van der Waals surface area contributed by atoms with E-state index in [1.807, 2.05) is 6.92 Å². The summed E-state index contributed by atoms with van der Waals surface area (Å²) in [5.74, 6) is 0.0264. The summed E-state index contributed by atoms with van der Waals surface area (Å²) in [5, 5.41) is 1.53. The average Bonchev–Trinajstić information content (AvgIpc) is 2.55. The van der Waals surface area contributed by atoms with Crippen LogP contribution in [0.4, 0.5) is 0 Å². The Morgan fingerprint density at radius 3 is 2.67 bits per heavy atom. The van der Waals surface area contributed by atoms with E-state index in [0.717, 1.165) is 12.8 Å². The van der Waals surface area contributed by atoms with Crippen LogP contribution in [0, 0.1) is 0 Å². The molecule has 3 heteroatoms. The Balaban J connectivity index is 2.20. The summed E-state index contributed by atoms with van der Waals surface area (Å²) >= 11 is 0. The van der Waals surface area contributed by atoms with Gasteiger partial charge in [0.1, 0.15) is 0 Å². The van der Waals surface area contributed by atoms with Gasteiger partial charge in [-0.05, 0) is 19.8 Å². The number of carbonyl (C=O) groups is 1. The van der Waals surface area contributed by atoms with Gasteiger partial charge >= 0.3 is 0 Å². The second kappa shape index (κ2) is 6.11. The van der Waals surface area contributed by atoms with Crippen LogP contribution in [0.1, 0.15) is 59.3 Å². The molecule has 1 aliphatic rings. The van der Waals surface area contributed by atoms with Crippen molar-refractivity contribution in [1.82, 2.24) is 5.06 Å². The molecule has 1 fully saturated rings. The van der Waals surface area contributed by atoms with E-state index in [2.05, 4.69) is 6.92 Å². The highest BCUT2D eigenvalue weighted by Gasteiger charge is 2.31. The molecule has 0 aromatic rings. The van der Waals surface area contributed by atoms with Gasteiger partial charge in [0.2, 0.25) is 5.91 Å². The van der Waals surface area contributed by atoms with E-state index < -0.39 is 0 Å². The number of rotatable bonds is 5. The topological polar surface area (TPSA) is 29.5 Å². The zero-order valence-electron chi connectivity index (χ0n) is 10.2. The normalized spacial score (nSPS) is 25.9. The Kier molecular flexibility index (Phi) is 5.09. The van der Waals surface area contributed by atoms with E-state index in [1.54, 1.807) is 6.92 Å². The van der Waals surface area contributed by atoms with Crippen LogP contribution in [0.3, 0.4) is 0 Å². The first-order chi connectivity index (χ1) is 7.15.